The number of amides is 1. The molecule has 6 heteroatoms. The third-order valence-corrected chi connectivity index (χ3v) is 4.56. The van der Waals surface area contributed by atoms with Crippen LogP contribution < -0.4 is 10.1 Å². The third kappa shape index (κ3) is 3.20. The first kappa shape index (κ1) is 15.6. The molecule has 114 valence electrons. The first-order valence-corrected chi connectivity index (χ1v) is 8.17. The van der Waals surface area contributed by atoms with Gasteiger partial charge in [-0.3, -0.25) is 4.79 Å². The minimum Gasteiger partial charge on any atom is -0.488 e. The van der Waals surface area contributed by atoms with E-state index < -0.39 is 5.82 Å². The Morgan fingerprint density at radius 2 is 2.14 bits per heavy atom. The van der Waals surface area contributed by atoms with Gasteiger partial charge in [0.1, 0.15) is 18.2 Å². The van der Waals surface area contributed by atoms with Crippen molar-refractivity contribution >= 4 is 40.1 Å². The van der Waals surface area contributed by atoms with Gasteiger partial charge in [-0.15, -0.1) is 0 Å². The van der Waals surface area contributed by atoms with Crippen molar-refractivity contribution in [2.45, 2.75) is 13.0 Å². The number of rotatable bonds is 3. The van der Waals surface area contributed by atoms with Gasteiger partial charge in [-0.05, 0) is 58.8 Å². The predicted octanol–water partition coefficient (Wildman–Crippen LogP) is 3.95. The largest absolute Gasteiger partial charge is 0.488 e. The van der Waals surface area contributed by atoms with Crippen LogP contribution in [0.1, 0.15) is 21.5 Å². The Balaban J connectivity index is 1.83. The second-order valence-corrected chi connectivity index (χ2v) is 6.57. The Morgan fingerprint density at radius 1 is 1.32 bits per heavy atom. The first-order valence-electron chi connectivity index (χ1n) is 6.72. The lowest BCUT2D eigenvalue weighted by Crippen LogP contribution is -2.31. The number of nitrogens with one attached hydrogen (secondary N) is 1. The van der Waals surface area contributed by atoms with Gasteiger partial charge in [-0.2, -0.15) is 0 Å². The molecular formula is C16H12ClFINO2. The highest BCUT2D eigenvalue weighted by Gasteiger charge is 2.19. The zero-order valence-electron chi connectivity index (χ0n) is 11.5. The molecule has 0 unspecified atom stereocenters. The van der Waals surface area contributed by atoms with E-state index in [1.54, 1.807) is 18.2 Å². The Morgan fingerprint density at radius 3 is 2.91 bits per heavy atom. The molecule has 2 aromatic rings. The van der Waals surface area contributed by atoms with Gasteiger partial charge in [0.25, 0.3) is 5.91 Å². The molecule has 3 rings (SSSR count). The number of hydrogen-bond donors (Lipinski definition) is 1. The Bertz CT molecular complexity index is 751. The molecule has 22 heavy (non-hydrogen) atoms. The number of carbonyl (C=O) groups excluding carboxylic acids is 1. The lowest BCUT2D eigenvalue weighted by atomic mass is 10.0. The van der Waals surface area contributed by atoms with Crippen LogP contribution in [0.4, 0.5) is 4.39 Å². The van der Waals surface area contributed by atoms with Crippen LogP contribution in [0.2, 0.25) is 5.02 Å². The van der Waals surface area contributed by atoms with Gasteiger partial charge in [0.15, 0.2) is 0 Å². The van der Waals surface area contributed by atoms with Gasteiger partial charge >= 0.3 is 0 Å². The number of halogens is 3. The molecule has 0 bridgehead atoms. The van der Waals surface area contributed by atoms with Crippen molar-refractivity contribution in [2.24, 2.45) is 0 Å². The average Bonchev–Trinajstić information content (AvgIpc) is 2.47. The van der Waals surface area contributed by atoms with E-state index >= 15 is 0 Å². The van der Waals surface area contributed by atoms with Crippen LogP contribution in [0, 0.1) is 9.39 Å². The van der Waals surface area contributed by atoms with Crippen molar-refractivity contribution in [2.75, 3.05) is 6.54 Å². The highest BCUT2D eigenvalue weighted by Crippen LogP contribution is 2.28. The van der Waals surface area contributed by atoms with Crippen molar-refractivity contribution in [1.29, 1.82) is 0 Å². The fraction of sp³-hybridized carbons (Fsp3) is 0.188. The quantitative estimate of drug-likeness (QED) is 0.748. The molecule has 0 radical (unpaired) electrons. The molecule has 1 heterocycles. The standard InChI is InChI=1S/C16H12ClFINO2/c17-11-2-1-10(13(18)6-11)8-22-15-7-12-9(5-14(15)19)3-4-20-16(12)21/h1-2,5-7H,3-4,8H2,(H,20,21). The number of hydrogen-bond acceptors (Lipinski definition) is 2. The van der Waals surface area contributed by atoms with Crippen LogP contribution >= 0.6 is 34.2 Å². The second-order valence-electron chi connectivity index (χ2n) is 4.97. The molecule has 0 saturated heterocycles. The van der Waals surface area contributed by atoms with Gasteiger partial charge in [0.05, 0.1) is 3.57 Å². The van der Waals surface area contributed by atoms with E-state index in [1.165, 1.54) is 6.07 Å². The third-order valence-electron chi connectivity index (χ3n) is 3.48. The maximum atomic E-state index is 13.8. The predicted molar refractivity (Wildman–Crippen MR) is 90.9 cm³/mol. The molecule has 0 atom stereocenters. The summed E-state index contributed by atoms with van der Waals surface area (Å²) in [6, 6.07) is 8.14. The summed E-state index contributed by atoms with van der Waals surface area (Å²) in [6.07, 6.45) is 0.809. The van der Waals surface area contributed by atoms with Crippen LogP contribution in [-0.2, 0) is 13.0 Å². The molecular weight excluding hydrogens is 420 g/mol. The van der Waals surface area contributed by atoms with Gasteiger partial charge < -0.3 is 10.1 Å². The van der Waals surface area contributed by atoms with Gasteiger partial charge in [-0.1, -0.05) is 17.7 Å². The molecule has 1 aliphatic rings. The lowest BCUT2D eigenvalue weighted by molar-refractivity contribution is 0.0945. The summed E-state index contributed by atoms with van der Waals surface area (Å²) in [6.45, 7) is 0.734. The van der Waals surface area contributed by atoms with Gasteiger partial charge in [-0.25, -0.2) is 4.39 Å². The summed E-state index contributed by atoms with van der Waals surface area (Å²) in [7, 11) is 0. The minimum atomic E-state index is -0.404. The Hall–Kier alpha value is -1.34. The van der Waals surface area contributed by atoms with Gasteiger partial charge in [0.2, 0.25) is 0 Å². The van der Waals surface area contributed by atoms with E-state index in [0.717, 1.165) is 15.6 Å². The molecule has 0 spiro atoms. The summed E-state index contributed by atoms with van der Waals surface area (Å²) in [4.78, 5) is 11.9. The lowest BCUT2D eigenvalue weighted by Gasteiger charge is -2.18. The van der Waals surface area contributed by atoms with Crippen LogP contribution in [0.3, 0.4) is 0 Å². The number of benzene rings is 2. The second kappa shape index (κ2) is 6.42. The number of fused-ring (bicyclic) bond motifs is 1. The zero-order valence-corrected chi connectivity index (χ0v) is 14.4. The summed E-state index contributed by atoms with van der Waals surface area (Å²) in [5.41, 5.74) is 2.05. The highest BCUT2D eigenvalue weighted by atomic mass is 127. The van der Waals surface area contributed by atoms with Crippen molar-refractivity contribution in [3.8, 4) is 5.75 Å². The fourth-order valence-corrected chi connectivity index (χ4v) is 3.17. The van der Waals surface area contributed by atoms with E-state index in [-0.39, 0.29) is 12.5 Å². The average molecular weight is 432 g/mol. The molecule has 1 amide bonds. The molecule has 1 aliphatic heterocycles. The molecule has 0 saturated carbocycles. The van der Waals surface area contributed by atoms with Crippen LogP contribution in [-0.4, -0.2) is 12.5 Å². The SMILES string of the molecule is O=C1NCCc2cc(I)c(OCc3ccc(Cl)cc3F)cc21. The fourth-order valence-electron chi connectivity index (χ4n) is 2.32. The van der Waals surface area contributed by atoms with E-state index in [4.69, 9.17) is 16.3 Å². The molecule has 0 aliphatic carbocycles. The molecule has 0 aromatic heterocycles. The maximum absolute atomic E-state index is 13.8. The summed E-state index contributed by atoms with van der Waals surface area (Å²) < 4.78 is 20.3. The summed E-state index contributed by atoms with van der Waals surface area (Å²) in [5.74, 6) is 0.0733. The Kier molecular flexibility index (Phi) is 4.54. The number of carbonyl (C=O) groups is 1. The van der Waals surface area contributed by atoms with Crippen molar-refractivity contribution in [3.63, 3.8) is 0 Å². The smallest absolute Gasteiger partial charge is 0.251 e. The van der Waals surface area contributed by atoms with Crippen LogP contribution in [0.5, 0.6) is 5.75 Å². The van der Waals surface area contributed by atoms with Crippen LogP contribution in [0.15, 0.2) is 30.3 Å². The summed E-state index contributed by atoms with van der Waals surface area (Å²) in [5, 5.41) is 3.15. The van der Waals surface area contributed by atoms with E-state index in [0.29, 0.717) is 28.4 Å². The van der Waals surface area contributed by atoms with Crippen molar-refractivity contribution in [1.82, 2.24) is 5.32 Å². The van der Waals surface area contributed by atoms with E-state index in [9.17, 15) is 9.18 Å². The minimum absolute atomic E-state index is 0.0827. The maximum Gasteiger partial charge on any atom is 0.251 e. The highest BCUT2D eigenvalue weighted by molar-refractivity contribution is 14.1. The molecule has 0 fully saturated rings. The van der Waals surface area contributed by atoms with E-state index in [2.05, 4.69) is 27.9 Å². The van der Waals surface area contributed by atoms with Gasteiger partial charge in [0, 0.05) is 22.7 Å². The van der Waals surface area contributed by atoms with Crippen molar-refractivity contribution in [3.05, 3.63) is 61.4 Å². The summed E-state index contributed by atoms with van der Waals surface area (Å²) >= 11 is 7.89. The van der Waals surface area contributed by atoms with E-state index in [1.807, 2.05) is 6.07 Å². The first-order chi connectivity index (χ1) is 10.5. The number of ether oxygens (including phenoxy) is 1. The monoisotopic (exact) mass is 431 g/mol. The normalized spacial score (nSPS) is 13.5. The van der Waals surface area contributed by atoms with Crippen molar-refractivity contribution < 1.29 is 13.9 Å². The topological polar surface area (TPSA) is 38.3 Å². The zero-order chi connectivity index (χ0) is 15.7. The Labute approximate surface area is 145 Å². The molecule has 3 nitrogen and oxygen atoms in total. The molecule has 2 aromatic carbocycles. The molecule has 1 N–H and O–H groups in total. The van der Waals surface area contributed by atoms with Crippen LogP contribution in [0.25, 0.3) is 0 Å².